The van der Waals surface area contributed by atoms with Crippen LogP contribution in [0.3, 0.4) is 0 Å². The highest BCUT2D eigenvalue weighted by molar-refractivity contribution is 5.64. The molecule has 0 unspecified atom stereocenters. The molecular weight excluding hydrogens is 234 g/mol. The van der Waals surface area contributed by atoms with Crippen LogP contribution in [0.5, 0.6) is 0 Å². The van der Waals surface area contributed by atoms with Gasteiger partial charge in [-0.05, 0) is 61.4 Å². The van der Waals surface area contributed by atoms with Gasteiger partial charge in [0.1, 0.15) is 0 Å². The zero-order chi connectivity index (χ0) is 13.2. The number of aryl methyl sites for hydroxylation is 3. The van der Waals surface area contributed by atoms with E-state index in [1.807, 2.05) is 11.7 Å². The van der Waals surface area contributed by atoms with Gasteiger partial charge in [-0.1, -0.05) is 12.1 Å². The fourth-order valence-electron chi connectivity index (χ4n) is 3.00. The van der Waals surface area contributed by atoms with Crippen LogP contribution in [0.4, 0.5) is 0 Å². The summed E-state index contributed by atoms with van der Waals surface area (Å²) in [6.45, 7) is 0.670. The van der Waals surface area contributed by atoms with Gasteiger partial charge < -0.3 is 5.73 Å². The molecular formula is C16H21N3. The Morgan fingerprint density at radius 2 is 2.00 bits per heavy atom. The van der Waals surface area contributed by atoms with E-state index in [4.69, 9.17) is 5.73 Å². The summed E-state index contributed by atoms with van der Waals surface area (Å²) in [7, 11) is 1.97. The van der Waals surface area contributed by atoms with Gasteiger partial charge in [-0.15, -0.1) is 0 Å². The van der Waals surface area contributed by atoms with Crippen molar-refractivity contribution in [1.82, 2.24) is 9.78 Å². The topological polar surface area (TPSA) is 43.8 Å². The van der Waals surface area contributed by atoms with E-state index < -0.39 is 0 Å². The summed E-state index contributed by atoms with van der Waals surface area (Å²) in [5.74, 6) is 0. The molecule has 1 heterocycles. The summed E-state index contributed by atoms with van der Waals surface area (Å²) >= 11 is 0. The molecule has 0 bridgehead atoms. The van der Waals surface area contributed by atoms with Crippen molar-refractivity contribution in [2.45, 2.75) is 32.1 Å². The average molecular weight is 255 g/mol. The smallest absolute Gasteiger partial charge is 0.0955 e. The van der Waals surface area contributed by atoms with Crippen LogP contribution >= 0.6 is 0 Å². The van der Waals surface area contributed by atoms with E-state index in [-0.39, 0.29) is 0 Å². The Morgan fingerprint density at radius 3 is 2.79 bits per heavy atom. The van der Waals surface area contributed by atoms with E-state index >= 15 is 0 Å². The first kappa shape index (κ1) is 12.4. The number of hydrogen-bond acceptors (Lipinski definition) is 2. The summed E-state index contributed by atoms with van der Waals surface area (Å²) in [6.07, 6.45) is 8.06. The fourth-order valence-corrected chi connectivity index (χ4v) is 3.00. The summed E-state index contributed by atoms with van der Waals surface area (Å²) in [5.41, 5.74) is 12.3. The Bertz CT molecular complexity index is 584. The second-order valence-corrected chi connectivity index (χ2v) is 5.41. The monoisotopic (exact) mass is 255 g/mol. The number of nitrogens with two attached hydrogens (primary N) is 1. The molecule has 0 radical (unpaired) electrons. The molecule has 0 aliphatic heterocycles. The molecule has 100 valence electrons. The molecule has 0 fully saturated rings. The molecule has 1 aromatic heterocycles. The number of aromatic nitrogens is 2. The maximum Gasteiger partial charge on any atom is 0.0955 e. The molecule has 1 aliphatic carbocycles. The summed E-state index contributed by atoms with van der Waals surface area (Å²) in [5, 5.41) is 4.61. The van der Waals surface area contributed by atoms with Crippen molar-refractivity contribution in [1.29, 1.82) is 0 Å². The van der Waals surface area contributed by atoms with E-state index in [2.05, 4.69) is 29.5 Å². The van der Waals surface area contributed by atoms with E-state index in [9.17, 15) is 0 Å². The van der Waals surface area contributed by atoms with Gasteiger partial charge in [0, 0.05) is 18.8 Å². The van der Waals surface area contributed by atoms with Gasteiger partial charge in [0.05, 0.1) is 5.69 Å². The van der Waals surface area contributed by atoms with E-state index in [0.717, 1.165) is 12.1 Å². The minimum atomic E-state index is 0.670. The third-order valence-electron chi connectivity index (χ3n) is 3.94. The zero-order valence-electron chi connectivity index (χ0n) is 11.5. The van der Waals surface area contributed by atoms with Crippen LogP contribution in [0, 0.1) is 0 Å². The quantitative estimate of drug-likeness (QED) is 0.915. The maximum atomic E-state index is 5.69. The lowest BCUT2D eigenvalue weighted by Crippen LogP contribution is -2.04. The Labute approximate surface area is 114 Å². The number of rotatable bonds is 3. The minimum absolute atomic E-state index is 0.670. The second-order valence-electron chi connectivity index (χ2n) is 5.41. The second kappa shape index (κ2) is 5.17. The molecule has 0 saturated heterocycles. The summed E-state index contributed by atoms with van der Waals surface area (Å²) in [6, 6.07) is 6.83. The van der Waals surface area contributed by atoms with Gasteiger partial charge in [0.25, 0.3) is 0 Å². The lowest BCUT2D eigenvalue weighted by Gasteiger charge is -2.16. The van der Waals surface area contributed by atoms with Crippen LogP contribution in [-0.4, -0.2) is 16.3 Å². The first-order chi connectivity index (χ1) is 9.28. The maximum absolute atomic E-state index is 5.69. The van der Waals surface area contributed by atoms with Crippen LogP contribution in [0.25, 0.3) is 11.3 Å². The SMILES string of the molecule is Cn1cc(CCN)c(-c2ccc3c(c2)CCCC3)n1. The lowest BCUT2D eigenvalue weighted by molar-refractivity contribution is 0.686. The first-order valence-electron chi connectivity index (χ1n) is 7.12. The summed E-state index contributed by atoms with van der Waals surface area (Å²) < 4.78 is 1.89. The Kier molecular flexibility index (Phi) is 3.38. The standard InChI is InChI=1S/C16H21N3/c1-19-11-15(8-9-17)16(18-19)14-7-6-12-4-2-3-5-13(12)10-14/h6-7,10-11H,2-5,8-9,17H2,1H3. The van der Waals surface area contributed by atoms with Crippen molar-refractivity contribution in [3.63, 3.8) is 0 Å². The van der Waals surface area contributed by atoms with Gasteiger partial charge in [0.2, 0.25) is 0 Å². The molecule has 1 aliphatic rings. The van der Waals surface area contributed by atoms with Crippen molar-refractivity contribution in [3.8, 4) is 11.3 Å². The zero-order valence-corrected chi connectivity index (χ0v) is 11.5. The Hall–Kier alpha value is -1.61. The van der Waals surface area contributed by atoms with Crippen LogP contribution in [0.2, 0.25) is 0 Å². The predicted octanol–water partition coefficient (Wildman–Crippen LogP) is 2.47. The lowest BCUT2D eigenvalue weighted by atomic mass is 9.89. The molecule has 3 rings (SSSR count). The highest BCUT2D eigenvalue weighted by Crippen LogP contribution is 2.28. The van der Waals surface area contributed by atoms with Gasteiger partial charge in [-0.3, -0.25) is 4.68 Å². The fraction of sp³-hybridized carbons (Fsp3) is 0.438. The summed E-state index contributed by atoms with van der Waals surface area (Å²) in [4.78, 5) is 0. The van der Waals surface area contributed by atoms with Crippen LogP contribution in [0.1, 0.15) is 29.5 Å². The third-order valence-corrected chi connectivity index (χ3v) is 3.94. The molecule has 0 atom stereocenters. The van der Waals surface area contributed by atoms with E-state index in [1.54, 1.807) is 0 Å². The van der Waals surface area contributed by atoms with Gasteiger partial charge in [-0.2, -0.15) is 5.10 Å². The predicted molar refractivity (Wildman–Crippen MR) is 78.0 cm³/mol. The largest absolute Gasteiger partial charge is 0.330 e. The highest BCUT2D eigenvalue weighted by Gasteiger charge is 2.14. The van der Waals surface area contributed by atoms with Crippen LogP contribution < -0.4 is 5.73 Å². The third kappa shape index (κ3) is 2.43. The molecule has 19 heavy (non-hydrogen) atoms. The molecule has 3 heteroatoms. The first-order valence-corrected chi connectivity index (χ1v) is 7.12. The Morgan fingerprint density at radius 1 is 1.21 bits per heavy atom. The van der Waals surface area contributed by atoms with Crippen LogP contribution in [0.15, 0.2) is 24.4 Å². The average Bonchev–Trinajstić information content (AvgIpc) is 2.80. The molecule has 2 N–H and O–H groups in total. The number of nitrogens with zero attached hydrogens (tertiary/aromatic N) is 2. The molecule has 0 saturated carbocycles. The van der Waals surface area contributed by atoms with Crippen molar-refractivity contribution in [3.05, 3.63) is 41.1 Å². The van der Waals surface area contributed by atoms with Crippen LogP contribution in [-0.2, 0) is 26.3 Å². The molecule has 0 amide bonds. The number of benzene rings is 1. The van der Waals surface area contributed by atoms with Gasteiger partial charge in [-0.25, -0.2) is 0 Å². The van der Waals surface area contributed by atoms with Crippen molar-refractivity contribution >= 4 is 0 Å². The van der Waals surface area contributed by atoms with E-state index in [0.29, 0.717) is 6.54 Å². The highest BCUT2D eigenvalue weighted by atomic mass is 15.2. The Balaban J connectivity index is 2.01. The minimum Gasteiger partial charge on any atom is -0.330 e. The molecule has 1 aromatic carbocycles. The van der Waals surface area contributed by atoms with Crippen molar-refractivity contribution < 1.29 is 0 Å². The van der Waals surface area contributed by atoms with Crippen molar-refractivity contribution in [2.75, 3.05) is 6.54 Å². The van der Waals surface area contributed by atoms with Gasteiger partial charge in [0.15, 0.2) is 0 Å². The normalized spacial score (nSPS) is 14.4. The molecule has 2 aromatic rings. The molecule has 3 nitrogen and oxygen atoms in total. The number of hydrogen-bond donors (Lipinski definition) is 1. The van der Waals surface area contributed by atoms with Gasteiger partial charge >= 0.3 is 0 Å². The van der Waals surface area contributed by atoms with E-state index in [1.165, 1.54) is 47.9 Å². The van der Waals surface area contributed by atoms with Crippen molar-refractivity contribution in [2.24, 2.45) is 12.8 Å². The molecule has 0 spiro atoms. The number of fused-ring (bicyclic) bond motifs is 1.